The van der Waals surface area contributed by atoms with Gasteiger partial charge in [0.1, 0.15) is 0 Å². The molecule has 0 saturated carbocycles. The average Bonchev–Trinajstić information content (AvgIpc) is 3.03. The summed E-state index contributed by atoms with van der Waals surface area (Å²) in [4.78, 5) is 33.7. The number of furan rings is 1. The smallest absolute Gasteiger partial charge is 0.286 e. The lowest BCUT2D eigenvalue weighted by Gasteiger charge is -2.07. The van der Waals surface area contributed by atoms with Crippen LogP contribution in [0.5, 0.6) is 0 Å². The molecule has 1 aromatic carbocycles. The third-order valence-corrected chi connectivity index (χ3v) is 3.07. The van der Waals surface area contributed by atoms with Crippen molar-refractivity contribution >= 4 is 23.2 Å². The number of hydrogen-bond acceptors (Lipinski definition) is 5. The van der Waals surface area contributed by atoms with Crippen molar-refractivity contribution < 1.29 is 18.9 Å². The van der Waals surface area contributed by atoms with Gasteiger partial charge in [-0.2, -0.15) is 0 Å². The van der Waals surface area contributed by atoms with Crippen molar-refractivity contribution in [2.24, 2.45) is 0 Å². The van der Waals surface area contributed by atoms with E-state index >= 15 is 0 Å². The third-order valence-electron chi connectivity index (χ3n) is 3.07. The van der Waals surface area contributed by atoms with E-state index < -0.39 is 10.8 Å². The van der Waals surface area contributed by atoms with Gasteiger partial charge in [-0.15, -0.1) is 0 Å². The van der Waals surface area contributed by atoms with Crippen molar-refractivity contribution in [3.8, 4) is 0 Å². The minimum Gasteiger partial charge on any atom is -0.459 e. The van der Waals surface area contributed by atoms with Crippen LogP contribution in [0.4, 0.5) is 11.4 Å². The van der Waals surface area contributed by atoms with Gasteiger partial charge in [-0.3, -0.25) is 19.7 Å². The van der Waals surface area contributed by atoms with Crippen molar-refractivity contribution in [2.75, 3.05) is 11.9 Å². The molecule has 0 saturated heterocycles. The number of carbonyl (C=O) groups excluding carboxylic acids is 2. The maximum absolute atomic E-state index is 11.8. The Bertz CT molecular complexity index is 725. The molecule has 0 aliphatic rings. The van der Waals surface area contributed by atoms with Gasteiger partial charge in [0.15, 0.2) is 5.76 Å². The van der Waals surface area contributed by atoms with Crippen LogP contribution in [0.25, 0.3) is 0 Å². The summed E-state index contributed by atoms with van der Waals surface area (Å²) in [6, 6.07) is 7.55. The lowest BCUT2D eigenvalue weighted by atomic mass is 10.2. The summed E-state index contributed by atoms with van der Waals surface area (Å²) in [5.74, 6) is -0.601. The fraction of sp³-hybridized carbons (Fsp3) is 0.200. The largest absolute Gasteiger partial charge is 0.459 e. The highest BCUT2D eigenvalue weighted by molar-refractivity contribution is 5.93. The van der Waals surface area contributed by atoms with Crippen molar-refractivity contribution in [3.05, 3.63) is 58.0 Å². The number of anilines is 1. The molecule has 0 atom stereocenters. The minimum atomic E-state index is -0.505. The summed E-state index contributed by atoms with van der Waals surface area (Å²) in [6.07, 6.45) is 1.42. The average molecular weight is 317 g/mol. The summed E-state index contributed by atoms with van der Waals surface area (Å²) in [6.45, 7) is 1.74. The first-order valence-corrected chi connectivity index (χ1v) is 6.84. The number of benzene rings is 1. The molecule has 0 aliphatic heterocycles. The summed E-state index contributed by atoms with van der Waals surface area (Å²) in [5.41, 5.74) is 0.789. The molecule has 8 heteroatoms. The number of nitrogens with zero attached hydrogens (tertiary/aromatic N) is 1. The predicted molar refractivity (Wildman–Crippen MR) is 82.1 cm³/mol. The van der Waals surface area contributed by atoms with Gasteiger partial charge in [-0.25, -0.2) is 0 Å². The highest BCUT2D eigenvalue weighted by Crippen LogP contribution is 2.22. The first-order chi connectivity index (χ1) is 11.0. The summed E-state index contributed by atoms with van der Waals surface area (Å²) in [7, 11) is 0. The monoisotopic (exact) mass is 317 g/mol. The molecule has 0 bridgehead atoms. The normalized spacial score (nSPS) is 10.1. The second kappa shape index (κ2) is 7.21. The zero-order valence-electron chi connectivity index (χ0n) is 12.4. The molecule has 0 spiro atoms. The molecule has 0 fully saturated rings. The zero-order valence-corrected chi connectivity index (χ0v) is 12.4. The van der Waals surface area contributed by atoms with E-state index in [1.807, 2.05) is 0 Å². The van der Waals surface area contributed by atoms with Crippen LogP contribution >= 0.6 is 0 Å². The molecular weight excluding hydrogens is 302 g/mol. The zero-order chi connectivity index (χ0) is 16.8. The Labute approximate surface area is 131 Å². The minimum absolute atomic E-state index is 0.0358. The van der Waals surface area contributed by atoms with E-state index in [-0.39, 0.29) is 30.3 Å². The van der Waals surface area contributed by atoms with E-state index in [0.29, 0.717) is 11.3 Å². The number of rotatable bonds is 6. The first-order valence-electron chi connectivity index (χ1n) is 6.84. The standard InChI is InChI=1S/C15H15N3O5/c1-10-4-5-11(9-12(10)18(21)22)17-14(19)6-7-16-15(20)13-3-2-8-23-13/h2-5,8-9H,6-7H2,1H3,(H,16,20)(H,17,19). The number of nitro benzene ring substituents is 1. The number of nitrogens with one attached hydrogen (secondary N) is 2. The van der Waals surface area contributed by atoms with E-state index in [0.717, 1.165) is 0 Å². The van der Waals surface area contributed by atoms with Crippen LogP contribution in [0, 0.1) is 17.0 Å². The first kappa shape index (κ1) is 16.2. The van der Waals surface area contributed by atoms with Crippen LogP contribution in [-0.2, 0) is 4.79 Å². The molecule has 120 valence electrons. The number of hydrogen-bond donors (Lipinski definition) is 2. The molecule has 0 radical (unpaired) electrons. The van der Waals surface area contributed by atoms with Crippen molar-refractivity contribution in [1.82, 2.24) is 5.32 Å². The Balaban J connectivity index is 1.84. The topological polar surface area (TPSA) is 114 Å². The molecule has 0 unspecified atom stereocenters. The Hall–Kier alpha value is -3.16. The summed E-state index contributed by atoms with van der Waals surface area (Å²) >= 11 is 0. The highest BCUT2D eigenvalue weighted by atomic mass is 16.6. The molecule has 2 aromatic rings. The predicted octanol–water partition coefficient (Wildman–Crippen LogP) is 2.25. The van der Waals surface area contributed by atoms with Gasteiger partial charge >= 0.3 is 0 Å². The Morgan fingerprint density at radius 3 is 2.74 bits per heavy atom. The van der Waals surface area contributed by atoms with Crippen LogP contribution in [-0.4, -0.2) is 23.3 Å². The van der Waals surface area contributed by atoms with Crippen molar-refractivity contribution in [3.63, 3.8) is 0 Å². The van der Waals surface area contributed by atoms with Gasteiger partial charge in [0.25, 0.3) is 11.6 Å². The van der Waals surface area contributed by atoms with E-state index in [1.165, 1.54) is 18.4 Å². The van der Waals surface area contributed by atoms with Gasteiger partial charge in [-0.1, -0.05) is 6.07 Å². The Morgan fingerprint density at radius 1 is 1.30 bits per heavy atom. The van der Waals surface area contributed by atoms with E-state index in [2.05, 4.69) is 10.6 Å². The number of nitro groups is 1. The summed E-state index contributed by atoms with van der Waals surface area (Å²) in [5, 5.41) is 15.9. The SMILES string of the molecule is Cc1ccc(NC(=O)CCNC(=O)c2ccco2)cc1[N+](=O)[O-]. The Kier molecular flexibility index (Phi) is 5.08. The van der Waals surface area contributed by atoms with Gasteiger partial charge in [-0.05, 0) is 25.1 Å². The van der Waals surface area contributed by atoms with Crippen molar-refractivity contribution in [2.45, 2.75) is 13.3 Å². The third kappa shape index (κ3) is 4.40. The molecule has 1 heterocycles. The molecule has 0 aliphatic carbocycles. The maximum Gasteiger partial charge on any atom is 0.286 e. The lowest BCUT2D eigenvalue weighted by Crippen LogP contribution is -2.27. The van der Waals surface area contributed by atoms with Gasteiger partial charge in [0.2, 0.25) is 5.91 Å². The fourth-order valence-electron chi connectivity index (χ4n) is 1.89. The summed E-state index contributed by atoms with van der Waals surface area (Å²) < 4.78 is 4.92. The lowest BCUT2D eigenvalue weighted by molar-refractivity contribution is -0.385. The van der Waals surface area contributed by atoms with Crippen LogP contribution in [0.15, 0.2) is 41.0 Å². The maximum atomic E-state index is 11.8. The van der Waals surface area contributed by atoms with Gasteiger partial charge < -0.3 is 15.1 Å². The van der Waals surface area contributed by atoms with Gasteiger partial charge in [0, 0.05) is 30.3 Å². The van der Waals surface area contributed by atoms with E-state index in [1.54, 1.807) is 25.1 Å². The number of aryl methyl sites for hydroxylation is 1. The van der Waals surface area contributed by atoms with Crippen LogP contribution in [0.1, 0.15) is 22.5 Å². The second-order valence-corrected chi connectivity index (χ2v) is 4.79. The van der Waals surface area contributed by atoms with Crippen molar-refractivity contribution in [1.29, 1.82) is 0 Å². The molecule has 23 heavy (non-hydrogen) atoms. The van der Waals surface area contributed by atoms with Crippen LogP contribution in [0.3, 0.4) is 0 Å². The molecule has 2 N–H and O–H groups in total. The number of carbonyl (C=O) groups is 2. The van der Waals surface area contributed by atoms with E-state index in [9.17, 15) is 19.7 Å². The molecule has 2 rings (SSSR count). The van der Waals surface area contributed by atoms with Gasteiger partial charge in [0.05, 0.1) is 11.2 Å². The quantitative estimate of drug-likeness (QED) is 0.626. The highest BCUT2D eigenvalue weighted by Gasteiger charge is 2.13. The molecule has 8 nitrogen and oxygen atoms in total. The molecule has 1 aromatic heterocycles. The Morgan fingerprint density at radius 2 is 2.09 bits per heavy atom. The van der Waals surface area contributed by atoms with Crippen LogP contribution in [0.2, 0.25) is 0 Å². The molecule has 2 amide bonds. The number of amides is 2. The second-order valence-electron chi connectivity index (χ2n) is 4.79. The van der Waals surface area contributed by atoms with Crippen LogP contribution < -0.4 is 10.6 Å². The van der Waals surface area contributed by atoms with E-state index in [4.69, 9.17) is 4.42 Å². The molecular formula is C15H15N3O5. The fourth-order valence-corrected chi connectivity index (χ4v) is 1.89.